The number of rotatable bonds is 5. The number of nitrogens with zero attached hydrogens (tertiary/aromatic N) is 4. The van der Waals surface area contributed by atoms with Gasteiger partial charge in [-0.25, -0.2) is 0 Å². The molecule has 2 rings (SSSR count). The van der Waals surface area contributed by atoms with Gasteiger partial charge in [-0.3, -0.25) is 4.98 Å². The Labute approximate surface area is 101 Å². The van der Waals surface area contributed by atoms with Crippen molar-refractivity contribution in [2.75, 3.05) is 0 Å². The van der Waals surface area contributed by atoms with E-state index in [2.05, 4.69) is 33.5 Å². The zero-order valence-corrected chi connectivity index (χ0v) is 10.2. The molecule has 1 N–H and O–H groups in total. The van der Waals surface area contributed by atoms with Crippen molar-refractivity contribution in [3.05, 3.63) is 41.7 Å². The van der Waals surface area contributed by atoms with Crippen LogP contribution in [0, 0.1) is 6.92 Å². The summed E-state index contributed by atoms with van der Waals surface area (Å²) in [6.45, 7) is 6.55. The standard InChI is InChI=1S/C12H17N5/c1-3-17-9-15-16-12(17)8-14-7-11-4-10(2)5-13-6-11/h4-6,9,14H,3,7-8H2,1-2H3. The zero-order chi connectivity index (χ0) is 12.1. The van der Waals surface area contributed by atoms with Gasteiger partial charge >= 0.3 is 0 Å². The second-order valence-electron chi connectivity index (χ2n) is 4.01. The van der Waals surface area contributed by atoms with Crippen molar-refractivity contribution >= 4 is 0 Å². The van der Waals surface area contributed by atoms with Crippen molar-refractivity contribution in [3.8, 4) is 0 Å². The lowest BCUT2D eigenvalue weighted by Crippen LogP contribution is -2.16. The number of aryl methyl sites for hydroxylation is 2. The van der Waals surface area contributed by atoms with Gasteiger partial charge in [0.2, 0.25) is 0 Å². The van der Waals surface area contributed by atoms with Crippen LogP contribution in [0.4, 0.5) is 0 Å². The lowest BCUT2D eigenvalue weighted by molar-refractivity contribution is 0.611. The first-order valence-electron chi connectivity index (χ1n) is 5.77. The Morgan fingerprint density at radius 1 is 1.29 bits per heavy atom. The number of aromatic nitrogens is 4. The van der Waals surface area contributed by atoms with Gasteiger partial charge in [-0.2, -0.15) is 0 Å². The smallest absolute Gasteiger partial charge is 0.146 e. The van der Waals surface area contributed by atoms with Crippen molar-refractivity contribution in [3.63, 3.8) is 0 Å². The zero-order valence-electron chi connectivity index (χ0n) is 10.2. The van der Waals surface area contributed by atoms with Crippen LogP contribution in [0.5, 0.6) is 0 Å². The van der Waals surface area contributed by atoms with Crippen molar-refractivity contribution in [1.82, 2.24) is 25.1 Å². The molecule has 2 aromatic heterocycles. The molecule has 5 heteroatoms. The molecule has 0 aliphatic rings. The van der Waals surface area contributed by atoms with Crippen LogP contribution in [-0.4, -0.2) is 19.7 Å². The van der Waals surface area contributed by atoms with Crippen LogP contribution in [0.3, 0.4) is 0 Å². The molecule has 0 aliphatic carbocycles. The number of pyridine rings is 1. The Hall–Kier alpha value is -1.75. The fraction of sp³-hybridized carbons (Fsp3) is 0.417. The van der Waals surface area contributed by atoms with Crippen LogP contribution in [0.2, 0.25) is 0 Å². The lowest BCUT2D eigenvalue weighted by Gasteiger charge is -2.06. The third-order valence-corrected chi connectivity index (χ3v) is 2.58. The molecule has 0 aromatic carbocycles. The molecular weight excluding hydrogens is 214 g/mol. The van der Waals surface area contributed by atoms with Crippen molar-refractivity contribution in [1.29, 1.82) is 0 Å². The molecule has 0 saturated carbocycles. The highest BCUT2D eigenvalue weighted by molar-refractivity contribution is 5.16. The first-order chi connectivity index (χ1) is 8.29. The lowest BCUT2D eigenvalue weighted by atomic mass is 10.2. The Bertz CT molecular complexity index is 477. The highest BCUT2D eigenvalue weighted by Crippen LogP contribution is 2.01. The second kappa shape index (κ2) is 5.54. The average molecular weight is 231 g/mol. The van der Waals surface area contributed by atoms with Crippen molar-refractivity contribution in [2.45, 2.75) is 33.5 Å². The highest BCUT2D eigenvalue weighted by Gasteiger charge is 2.01. The summed E-state index contributed by atoms with van der Waals surface area (Å²) < 4.78 is 2.03. The summed E-state index contributed by atoms with van der Waals surface area (Å²) in [5.74, 6) is 0.966. The fourth-order valence-corrected chi connectivity index (χ4v) is 1.71. The first-order valence-corrected chi connectivity index (χ1v) is 5.77. The Kier molecular flexibility index (Phi) is 3.82. The summed E-state index contributed by atoms with van der Waals surface area (Å²) in [5, 5.41) is 11.3. The van der Waals surface area contributed by atoms with Crippen LogP contribution in [-0.2, 0) is 19.6 Å². The SMILES string of the molecule is CCn1cnnc1CNCc1cncc(C)c1. The summed E-state index contributed by atoms with van der Waals surface area (Å²) in [5.41, 5.74) is 2.37. The van der Waals surface area contributed by atoms with E-state index in [0.29, 0.717) is 0 Å². The summed E-state index contributed by atoms with van der Waals surface area (Å²) in [6, 6.07) is 2.13. The molecule has 0 spiro atoms. The van der Waals surface area contributed by atoms with Gasteiger partial charge in [-0.15, -0.1) is 10.2 Å². The van der Waals surface area contributed by atoms with Gasteiger partial charge in [-0.05, 0) is 25.0 Å². The predicted octanol–water partition coefficient (Wildman–Crippen LogP) is 1.29. The van der Waals surface area contributed by atoms with Gasteiger partial charge in [0.25, 0.3) is 0 Å². The molecule has 0 fully saturated rings. The maximum absolute atomic E-state index is 4.16. The summed E-state index contributed by atoms with van der Waals surface area (Å²) in [6.07, 6.45) is 5.49. The maximum Gasteiger partial charge on any atom is 0.146 e. The molecule has 0 atom stereocenters. The number of hydrogen-bond donors (Lipinski definition) is 1. The van der Waals surface area contributed by atoms with E-state index < -0.39 is 0 Å². The van der Waals surface area contributed by atoms with E-state index in [1.165, 1.54) is 11.1 Å². The molecule has 0 aliphatic heterocycles. The normalized spacial score (nSPS) is 10.7. The highest BCUT2D eigenvalue weighted by atomic mass is 15.3. The van der Waals surface area contributed by atoms with Crippen molar-refractivity contribution in [2.24, 2.45) is 0 Å². The molecule has 0 bridgehead atoms. The molecule has 0 saturated heterocycles. The monoisotopic (exact) mass is 231 g/mol. The topological polar surface area (TPSA) is 55.6 Å². The minimum Gasteiger partial charge on any atom is -0.317 e. The van der Waals surface area contributed by atoms with E-state index in [1.807, 2.05) is 23.9 Å². The van der Waals surface area contributed by atoms with Crippen LogP contribution in [0.1, 0.15) is 23.9 Å². The largest absolute Gasteiger partial charge is 0.317 e. The van der Waals surface area contributed by atoms with Crippen LogP contribution in [0.15, 0.2) is 24.8 Å². The Morgan fingerprint density at radius 2 is 2.18 bits per heavy atom. The van der Waals surface area contributed by atoms with Crippen LogP contribution in [0.25, 0.3) is 0 Å². The number of nitrogens with one attached hydrogen (secondary N) is 1. The molecule has 17 heavy (non-hydrogen) atoms. The van der Waals surface area contributed by atoms with E-state index in [9.17, 15) is 0 Å². The predicted molar refractivity (Wildman–Crippen MR) is 65.2 cm³/mol. The maximum atomic E-state index is 4.16. The molecular formula is C12H17N5. The van der Waals surface area contributed by atoms with E-state index in [0.717, 1.165) is 25.5 Å². The van der Waals surface area contributed by atoms with Gasteiger partial charge in [0, 0.05) is 25.5 Å². The minimum absolute atomic E-state index is 0.724. The molecule has 0 unspecified atom stereocenters. The average Bonchev–Trinajstić information content (AvgIpc) is 2.77. The van der Waals surface area contributed by atoms with E-state index in [-0.39, 0.29) is 0 Å². The Morgan fingerprint density at radius 3 is 2.94 bits per heavy atom. The molecule has 90 valence electrons. The van der Waals surface area contributed by atoms with Gasteiger partial charge in [0.05, 0.1) is 6.54 Å². The third-order valence-electron chi connectivity index (χ3n) is 2.58. The number of hydrogen-bond acceptors (Lipinski definition) is 4. The molecule has 0 amide bonds. The molecule has 5 nitrogen and oxygen atoms in total. The van der Waals surface area contributed by atoms with E-state index >= 15 is 0 Å². The fourth-order valence-electron chi connectivity index (χ4n) is 1.71. The van der Waals surface area contributed by atoms with Crippen LogP contribution >= 0.6 is 0 Å². The summed E-state index contributed by atoms with van der Waals surface area (Å²) in [7, 11) is 0. The van der Waals surface area contributed by atoms with Gasteiger partial charge in [0.1, 0.15) is 12.2 Å². The molecule has 0 radical (unpaired) electrons. The van der Waals surface area contributed by atoms with Crippen LogP contribution < -0.4 is 5.32 Å². The van der Waals surface area contributed by atoms with E-state index in [1.54, 1.807) is 6.33 Å². The Balaban J connectivity index is 1.87. The summed E-state index contributed by atoms with van der Waals surface area (Å²) >= 11 is 0. The second-order valence-corrected chi connectivity index (χ2v) is 4.01. The molecule has 2 heterocycles. The minimum atomic E-state index is 0.724. The van der Waals surface area contributed by atoms with Gasteiger partial charge < -0.3 is 9.88 Å². The van der Waals surface area contributed by atoms with Gasteiger partial charge in [0.15, 0.2) is 0 Å². The first kappa shape index (κ1) is 11.7. The van der Waals surface area contributed by atoms with Crippen molar-refractivity contribution < 1.29 is 0 Å². The summed E-state index contributed by atoms with van der Waals surface area (Å²) in [4.78, 5) is 4.16. The van der Waals surface area contributed by atoms with E-state index in [4.69, 9.17) is 0 Å². The quantitative estimate of drug-likeness (QED) is 0.842. The molecule has 2 aromatic rings. The van der Waals surface area contributed by atoms with Gasteiger partial charge in [-0.1, -0.05) is 6.07 Å². The third kappa shape index (κ3) is 3.10.